The minimum absolute atomic E-state index is 0.397. The molecule has 0 amide bonds. The molecule has 0 saturated heterocycles. The summed E-state index contributed by atoms with van der Waals surface area (Å²) >= 11 is 6.15. The molecule has 3 aromatic rings. The van der Waals surface area contributed by atoms with Crippen LogP contribution in [0.4, 0.5) is 5.69 Å². The summed E-state index contributed by atoms with van der Waals surface area (Å²) in [6.45, 7) is 3.96. The van der Waals surface area contributed by atoms with Crippen molar-refractivity contribution >= 4 is 17.3 Å². The number of halogens is 1. The molecule has 4 nitrogen and oxygen atoms in total. The zero-order valence-electron chi connectivity index (χ0n) is 11.7. The molecule has 2 N–H and O–H groups in total. The third-order valence-corrected chi connectivity index (χ3v) is 3.63. The molecule has 1 heterocycles. The molecule has 0 bridgehead atoms. The monoisotopic (exact) mass is 299 g/mol. The lowest BCUT2D eigenvalue weighted by Gasteiger charge is -2.06. The largest absolute Gasteiger partial charge is 0.398 e. The van der Waals surface area contributed by atoms with E-state index in [0.29, 0.717) is 22.4 Å². The molecule has 0 atom stereocenters. The van der Waals surface area contributed by atoms with Crippen LogP contribution in [-0.2, 0) is 0 Å². The molecule has 0 radical (unpaired) electrons. The van der Waals surface area contributed by atoms with Gasteiger partial charge in [-0.15, -0.1) is 0 Å². The van der Waals surface area contributed by atoms with Crippen molar-refractivity contribution < 1.29 is 4.52 Å². The molecule has 0 unspecified atom stereocenters. The number of hydrogen-bond acceptors (Lipinski definition) is 4. The van der Waals surface area contributed by atoms with E-state index in [1.165, 1.54) is 0 Å². The van der Waals surface area contributed by atoms with E-state index in [2.05, 4.69) is 10.1 Å². The van der Waals surface area contributed by atoms with Crippen LogP contribution < -0.4 is 5.73 Å². The lowest BCUT2D eigenvalue weighted by atomic mass is 10.0. The molecule has 5 heteroatoms. The molecule has 0 spiro atoms. The molecule has 21 heavy (non-hydrogen) atoms. The van der Waals surface area contributed by atoms with Gasteiger partial charge in [0.25, 0.3) is 5.89 Å². The Morgan fingerprint density at radius 2 is 1.86 bits per heavy atom. The minimum atomic E-state index is 0.397. The lowest BCUT2D eigenvalue weighted by molar-refractivity contribution is 0.432. The van der Waals surface area contributed by atoms with Crippen molar-refractivity contribution in [2.75, 3.05) is 5.73 Å². The zero-order chi connectivity index (χ0) is 15.0. The predicted octanol–water partition coefficient (Wildman–Crippen LogP) is 4.26. The van der Waals surface area contributed by atoms with Crippen LogP contribution in [0.1, 0.15) is 11.1 Å². The van der Waals surface area contributed by atoms with Gasteiger partial charge in [-0.2, -0.15) is 4.98 Å². The number of nitrogens with zero attached hydrogens (tertiary/aromatic N) is 2. The smallest absolute Gasteiger partial charge is 0.260 e. The van der Waals surface area contributed by atoms with Gasteiger partial charge in [0.15, 0.2) is 0 Å². The summed E-state index contributed by atoms with van der Waals surface area (Å²) in [6.07, 6.45) is 0. The van der Waals surface area contributed by atoms with E-state index in [-0.39, 0.29) is 0 Å². The Morgan fingerprint density at radius 1 is 1.10 bits per heavy atom. The average Bonchev–Trinajstić information content (AvgIpc) is 2.92. The third kappa shape index (κ3) is 2.50. The number of rotatable bonds is 2. The molecule has 0 aliphatic rings. The van der Waals surface area contributed by atoms with Crippen molar-refractivity contribution in [2.45, 2.75) is 13.8 Å². The molecule has 0 saturated carbocycles. The van der Waals surface area contributed by atoms with Gasteiger partial charge >= 0.3 is 0 Å². The van der Waals surface area contributed by atoms with Gasteiger partial charge < -0.3 is 10.3 Å². The SMILES string of the molecule is Cc1cc(C)c(N)c(-c2nc(-c3ccccc3Cl)no2)c1. The van der Waals surface area contributed by atoms with Crippen LogP contribution in [0.5, 0.6) is 0 Å². The average molecular weight is 300 g/mol. The van der Waals surface area contributed by atoms with E-state index in [1.54, 1.807) is 6.07 Å². The molecule has 0 fully saturated rings. The first-order valence-corrected chi connectivity index (χ1v) is 6.90. The summed E-state index contributed by atoms with van der Waals surface area (Å²) in [5.74, 6) is 0.850. The van der Waals surface area contributed by atoms with E-state index in [4.69, 9.17) is 21.9 Å². The highest BCUT2D eigenvalue weighted by Gasteiger charge is 2.16. The van der Waals surface area contributed by atoms with Crippen molar-refractivity contribution in [1.29, 1.82) is 0 Å². The second-order valence-electron chi connectivity index (χ2n) is 4.95. The van der Waals surface area contributed by atoms with Crippen molar-refractivity contribution in [3.63, 3.8) is 0 Å². The van der Waals surface area contributed by atoms with Gasteiger partial charge in [-0.25, -0.2) is 0 Å². The first-order chi connectivity index (χ1) is 10.1. The van der Waals surface area contributed by atoms with Gasteiger partial charge in [0.2, 0.25) is 5.82 Å². The number of aryl methyl sites for hydroxylation is 2. The van der Waals surface area contributed by atoms with Gasteiger partial charge in [0.05, 0.1) is 10.6 Å². The van der Waals surface area contributed by atoms with Gasteiger partial charge in [0.1, 0.15) is 0 Å². The molecule has 3 rings (SSSR count). The van der Waals surface area contributed by atoms with E-state index >= 15 is 0 Å². The lowest BCUT2D eigenvalue weighted by Crippen LogP contribution is -1.95. The van der Waals surface area contributed by atoms with Crippen LogP contribution in [-0.4, -0.2) is 10.1 Å². The minimum Gasteiger partial charge on any atom is -0.398 e. The number of anilines is 1. The first-order valence-electron chi connectivity index (χ1n) is 6.52. The van der Waals surface area contributed by atoms with Crippen LogP contribution in [0.3, 0.4) is 0 Å². The fraction of sp³-hybridized carbons (Fsp3) is 0.125. The summed E-state index contributed by atoms with van der Waals surface area (Å²) in [7, 11) is 0. The quantitative estimate of drug-likeness (QED) is 0.718. The summed E-state index contributed by atoms with van der Waals surface area (Å²) in [5.41, 5.74) is 10.3. The van der Waals surface area contributed by atoms with E-state index in [0.717, 1.165) is 22.3 Å². The Bertz CT molecular complexity index is 811. The highest BCUT2D eigenvalue weighted by atomic mass is 35.5. The maximum atomic E-state index is 6.15. The van der Waals surface area contributed by atoms with Gasteiger partial charge in [-0.05, 0) is 43.2 Å². The number of hydrogen-bond donors (Lipinski definition) is 1. The van der Waals surface area contributed by atoms with Gasteiger partial charge in [0, 0.05) is 11.3 Å². The highest BCUT2D eigenvalue weighted by Crippen LogP contribution is 2.31. The second kappa shape index (κ2) is 5.22. The van der Waals surface area contributed by atoms with E-state index in [1.807, 2.05) is 44.2 Å². The first kappa shape index (κ1) is 13.6. The molecule has 106 valence electrons. The Morgan fingerprint density at radius 3 is 2.62 bits per heavy atom. The molecule has 1 aromatic heterocycles. The third-order valence-electron chi connectivity index (χ3n) is 3.30. The normalized spacial score (nSPS) is 10.8. The Hall–Kier alpha value is -2.33. The topological polar surface area (TPSA) is 64.9 Å². The van der Waals surface area contributed by atoms with Crippen molar-refractivity contribution in [2.24, 2.45) is 0 Å². The maximum absolute atomic E-state index is 6.15. The van der Waals surface area contributed by atoms with Gasteiger partial charge in [-0.1, -0.05) is 35.0 Å². The predicted molar refractivity (Wildman–Crippen MR) is 84.1 cm³/mol. The summed E-state index contributed by atoms with van der Waals surface area (Å²) in [4.78, 5) is 4.41. The van der Waals surface area contributed by atoms with E-state index < -0.39 is 0 Å². The van der Waals surface area contributed by atoms with Crippen molar-refractivity contribution in [1.82, 2.24) is 10.1 Å². The Labute approximate surface area is 127 Å². The Kier molecular flexibility index (Phi) is 3.39. The molecule has 0 aliphatic carbocycles. The van der Waals surface area contributed by atoms with Crippen molar-refractivity contribution in [3.05, 3.63) is 52.5 Å². The summed E-state index contributed by atoms with van der Waals surface area (Å²) in [6, 6.07) is 11.3. The van der Waals surface area contributed by atoms with Crippen LogP contribution in [0.15, 0.2) is 40.9 Å². The van der Waals surface area contributed by atoms with E-state index in [9.17, 15) is 0 Å². The fourth-order valence-corrected chi connectivity index (χ4v) is 2.46. The standard InChI is InChI=1S/C16H14ClN3O/c1-9-7-10(2)14(18)12(8-9)16-19-15(20-21-16)11-5-3-4-6-13(11)17/h3-8H,18H2,1-2H3. The zero-order valence-corrected chi connectivity index (χ0v) is 12.5. The molecular weight excluding hydrogens is 286 g/mol. The molecule has 0 aliphatic heterocycles. The fourth-order valence-electron chi connectivity index (χ4n) is 2.24. The number of aromatic nitrogens is 2. The van der Waals surface area contributed by atoms with Crippen LogP contribution >= 0.6 is 11.6 Å². The van der Waals surface area contributed by atoms with Crippen LogP contribution in [0.25, 0.3) is 22.8 Å². The number of benzene rings is 2. The van der Waals surface area contributed by atoms with Crippen LogP contribution in [0, 0.1) is 13.8 Å². The molecular formula is C16H14ClN3O. The maximum Gasteiger partial charge on any atom is 0.260 e. The Balaban J connectivity index is 2.09. The van der Waals surface area contributed by atoms with Gasteiger partial charge in [-0.3, -0.25) is 0 Å². The highest BCUT2D eigenvalue weighted by molar-refractivity contribution is 6.33. The molecule has 2 aromatic carbocycles. The number of nitrogen functional groups attached to an aromatic ring is 1. The summed E-state index contributed by atoms with van der Waals surface area (Å²) < 4.78 is 5.35. The summed E-state index contributed by atoms with van der Waals surface area (Å²) in [5, 5.41) is 4.58. The second-order valence-corrected chi connectivity index (χ2v) is 5.35. The van der Waals surface area contributed by atoms with Crippen LogP contribution in [0.2, 0.25) is 5.02 Å². The number of nitrogens with two attached hydrogens (primary N) is 1. The van der Waals surface area contributed by atoms with Crippen molar-refractivity contribution in [3.8, 4) is 22.8 Å².